The summed E-state index contributed by atoms with van der Waals surface area (Å²) in [5.74, 6) is -0.0489. The second-order valence-electron chi connectivity index (χ2n) is 3.64. The molecule has 92 valence electrons. The van der Waals surface area contributed by atoms with Gasteiger partial charge in [0, 0.05) is 24.7 Å². The third-order valence-corrected chi connectivity index (χ3v) is 2.40. The van der Waals surface area contributed by atoms with Gasteiger partial charge in [0.15, 0.2) is 12.0 Å². The Balaban J connectivity index is 2.16. The molecule has 1 aromatic heterocycles. The number of nitrogens with two attached hydrogens (primary N) is 1. The van der Waals surface area contributed by atoms with Gasteiger partial charge in [-0.3, -0.25) is 4.79 Å². The van der Waals surface area contributed by atoms with Gasteiger partial charge in [-0.2, -0.15) is 0 Å². The number of carbonyl (C=O) groups excluding carboxylic acids is 1. The van der Waals surface area contributed by atoms with Crippen molar-refractivity contribution in [1.29, 1.82) is 0 Å². The second kappa shape index (κ2) is 5.18. The molecule has 1 heterocycles. The summed E-state index contributed by atoms with van der Waals surface area (Å²) < 4.78 is 6.62. The van der Waals surface area contributed by atoms with Crippen LogP contribution in [0.1, 0.15) is 17.5 Å². The molecule has 18 heavy (non-hydrogen) atoms. The second-order valence-corrected chi connectivity index (χ2v) is 3.64. The Bertz CT molecular complexity index is 556. The van der Waals surface area contributed by atoms with Crippen LogP contribution in [0.15, 0.2) is 47.1 Å². The molecule has 0 bridgehead atoms. The van der Waals surface area contributed by atoms with E-state index < -0.39 is 0 Å². The Hall–Kier alpha value is -2.56. The number of nitrogens with one attached hydrogen (secondary N) is 1. The standard InChI is InChI=1S/C13H13N3O2/c1-2-16(11-7-5-10(14)6-8-11)15-13(17)12-4-3-9-18-12/h2-9H,14H2,1H3/p+1/b16-2+. The normalized spacial score (nSPS) is 11.3. The fraction of sp³-hybridized carbons (Fsp3) is 0.0769. The zero-order valence-electron chi connectivity index (χ0n) is 9.96. The number of furan rings is 1. The lowest BCUT2D eigenvalue weighted by Gasteiger charge is -2.02. The smallest absolute Gasteiger partial charge is 0.340 e. The molecule has 5 heteroatoms. The molecule has 0 aliphatic carbocycles. The van der Waals surface area contributed by atoms with Crippen LogP contribution in [0.4, 0.5) is 11.4 Å². The van der Waals surface area contributed by atoms with E-state index >= 15 is 0 Å². The van der Waals surface area contributed by atoms with E-state index in [0.29, 0.717) is 5.69 Å². The summed E-state index contributed by atoms with van der Waals surface area (Å²) >= 11 is 0. The molecule has 0 radical (unpaired) electrons. The predicted molar refractivity (Wildman–Crippen MR) is 68.7 cm³/mol. The molecule has 0 saturated carbocycles. The summed E-state index contributed by atoms with van der Waals surface area (Å²) in [5.41, 5.74) is 9.81. The largest absolute Gasteiger partial charge is 0.459 e. The Kier molecular flexibility index (Phi) is 3.43. The number of carbonyl (C=O) groups is 1. The number of rotatable bonds is 3. The zero-order valence-corrected chi connectivity index (χ0v) is 9.96. The molecule has 0 aliphatic heterocycles. The van der Waals surface area contributed by atoms with Crippen molar-refractivity contribution in [3.8, 4) is 0 Å². The van der Waals surface area contributed by atoms with E-state index in [1.807, 2.05) is 19.1 Å². The van der Waals surface area contributed by atoms with Gasteiger partial charge in [0.2, 0.25) is 5.69 Å². The van der Waals surface area contributed by atoms with Gasteiger partial charge in [0.25, 0.3) is 0 Å². The molecule has 1 amide bonds. The van der Waals surface area contributed by atoms with Crippen LogP contribution in [0.25, 0.3) is 0 Å². The van der Waals surface area contributed by atoms with E-state index in [-0.39, 0.29) is 11.7 Å². The number of amides is 1. The summed E-state index contributed by atoms with van der Waals surface area (Å²) in [6, 6.07) is 10.4. The summed E-state index contributed by atoms with van der Waals surface area (Å²) in [7, 11) is 0. The first-order valence-corrected chi connectivity index (χ1v) is 5.49. The molecule has 0 spiro atoms. The van der Waals surface area contributed by atoms with Crippen molar-refractivity contribution >= 4 is 23.5 Å². The molecule has 0 saturated heterocycles. The number of hydrogen-bond acceptors (Lipinski definition) is 3. The van der Waals surface area contributed by atoms with Crippen molar-refractivity contribution in [3.63, 3.8) is 0 Å². The van der Waals surface area contributed by atoms with Gasteiger partial charge in [-0.05, 0) is 24.3 Å². The number of anilines is 1. The van der Waals surface area contributed by atoms with Crippen LogP contribution >= 0.6 is 0 Å². The molecule has 0 fully saturated rings. The SMILES string of the molecule is C/C=[N+](/NC(=O)c1ccco1)c1ccc(N)cc1. The molecular formula is C13H14N3O2+. The van der Waals surface area contributed by atoms with Crippen molar-refractivity contribution < 1.29 is 13.9 Å². The van der Waals surface area contributed by atoms with Crippen molar-refractivity contribution in [2.75, 3.05) is 5.73 Å². The number of nitrogen functional groups attached to an aromatic ring is 1. The van der Waals surface area contributed by atoms with Crippen molar-refractivity contribution in [2.24, 2.45) is 0 Å². The first-order valence-electron chi connectivity index (χ1n) is 5.49. The van der Waals surface area contributed by atoms with Crippen LogP contribution in [-0.4, -0.2) is 16.8 Å². The summed E-state index contributed by atoms with van der Waals surface area (Å²) in [4.78, 5) is 11.8. The van der Waals surface area contributed by atoms with Crippen LogP contribution < -0.4 is 11.2 Å². The average molecular weight is 244 g/mol. The average Bonchev–Trinajstić information content (AvgIpc) is 2.91. The lowest BCUT2D eigenvalue weighted by molar-refractivity contribution is -0.485. The van der Waals surface area contributed by atoms with Gasteiger partial charge >= 0.3 is 5.91 Å². The maximum absolute atomic E-state index is 11.8. The molecule has 3 N–H and O–H groups in total. The third-order valence-electron chi connectivity index (χ3n) is 2.40. The minimum atomic E-state index is -0.310. The number of hydrogen-bond donors (Lipinski definition) is 2. The molecule has 2 rings (SSSR count). The van der Waals surface area contributed by atoms with E-state index in [0.717, 1.165) is 5.69 Å². The lowest BCUT2D eigenvalue weighted by Crippen LogP contribution is -2.31. The first kappa shape index (κ1) is 11.9. The quantitative estimate of drug-likeness (QED) is 0.375. The van der Waals surface area contributed by atoms with E-state index in [9.17, 15) is 4.79 Å². The Morgan fingerprint density at radius 3 is 2.61 bits per heavy atom. The minimum Gasteiger partial charge on any atom is -0.459 e. The molecule has 0 atom stereocenters. The highest BCUT2D eigenvalue weighted by Crippen LogP contribution is 2.12. The maximum atomic E-state index is 11.8. The van der Waals surface area contributed by atoms with Gasteiger partial charge in [0.05, 0.1) is 6.26 Å². The number of benzene rings is 1. The van der Waals surface area contributed by atoms with Gasteiger partial charge in [0.1, 0.15) is 0 Å². The fourth-order valence-corrected chi connectivity index (χ4v) is 1.49. The van der Waals surface area contributed by atoms with Crippen LogP contribution in [0.3, 0.4) is 0 Å². The molecule has 2 aromatic rings. The van der Waals surface area contributed by atoms with Crippen LogP contribution in [0, 0.1) is 0 Å². The van der Waals surface area contributed by atoms with Gasteiger partial charge < -0.3 is 10.2 Å². The number of hydrazone groups is 1. The van der Waals surface area contributed by atoms with E-state index in [4.69, 9.17) is 10.2 Å². The van der Waals surface area contributed by atoms with E-state index in [1.165, 1.54) is 6.26 Å². The molecule has 0 unspecified atom stereocenters. The zero-order chi connectivity index (χ0) is 13.0. The Morgan fingerprint density at radius 1 is 1.33 bits per heavy atom. The summed E-state index contributed by atoms with van der Waals surface area (Å²) in [6.07, 6.45) is 3.20. The highest BCUT2D eigenvalue weighted by atomic mass is 16.3. The highest BCUT2D eigenvalue weighted by molar-refractivity contribution is 5.90. The minimum absolute atomic E-state index is 0.261. The molecular weight excluding hydrogens is 230 g/mol. The molecule has 5 nitrogen and oxygen atoms in total. The maximum Gasteiger partial charge on any atom is 0.340 e. The lowest BCUT2D eigenvalue weighted by atomic mass is 10.3. The van der Waals surface area contributed by atoms with E-state index in [1.54, 1.807) is 35.2 Å². The van der Waals surface area contributed by atoms with Crippen LogP contribution in [0.5, 0.6) is 0 Å². The Morgan fingerprint density at radius 2 is 2.06 bits per heavy atom. The van der Waals surface area contributed by atoms with Crippen molar-refractivity contribution in [1.82, 2.24) is 5.43 Å². The number of hydrazine groups is 1. The molecule has 1 aromatic carbocycles. The van der Waals surface area contributed by atoms with Gasteiger partial charge in [-0.15, -0.1) is 5.43 Å². The monoisotopic (exact) mass is 244 g/mol. The Labute approximate surface area is 105 Å². The van der Waals surface area contributed by atoms with Gasteiger partial charge in [-0.1, -0.05) is 4.68 Å². The highest BCUT2D eigenvalue weighted by Gasteiger charge is 2.16. The van der Waals surface area contributed by atoms with Crippen LogP contribution in [0.2, 0.25) is 0 Å². The van der Waals surface area contributed by atoms with Crippen LogP contribution in [-0.2, 0) is 0 Å². The summed E-state index contributed by atoms with van der Waals surface area (Å²) in [6.45, 7) is 1.82. The topological polar surface area (TPSA) is 71.3 Å². The number of nitrogens with zero attached hydrogens (tertiary/aromatic N) is 1. The fourth-order valence-electron chi connectivity index (χ4n) is 1.49. The van der Waals surface area contributed by atoms with Gasteiger partial charge in [-0.25, -0.2) is 0 Å². The third kappa shape index (κ3) is 2.57. The van der Waals surface area contributed by atoms with E-state index in [2.05, 4.69) is 5.43 Å². The van der Waals surface area contributed by atoms with Crippen molar-refractivity contribution in [3.05, 3.63) is 48.4 Å². The molecule has 0 aliphatic rings. The van der Waals surface area contributed by atoms with Crippen molar-refractivity contribution in [2.45, 2.75) is 6.92 Å². The predicted octanol–water partition coefficient (Wildman–Crippen LogP) is 1.94. The summed E-state index contributed by atoms with van der Waals surface area (Å²) in [5, 5.41) is 0. The first-order chi connectivity index (χ1) is 8.70.